The first-order chi connectivity index (χ1) is 17.6. The number of anilines is 2. The number of amides is 3. The fourth-order valence-corrected chi connectivity index (χ4v) is 5.70. The van der Waals surface area contributed by atoms with Crippen molar-refractivity contribution >= 4 is 46.3 Å². The molecule has 3 amide bonds. The lowest BCUT2D eigenvalue weighted by molar-refractivity contribution is -0.121. The van der Waals surface area contributed by atoms with Gasteiger partial charge < -0.3 is 20.0 Å². The highest BCUT2D eigenvalue weighted by atomic mass is 32.2. The fraction of sp³-hybridized carbons (Fsp3) is 0.440. The SMILES string of the molecule is O=C(C[C@H]1SC(N2CCCCC2)=NC1=O)Nc1cccc(C(=O)N2CCN(c3ncccn3)CC2)c1. The quantitative estimate of drug-likeness (QED) is 0.656. The summed E-state index contributed by atoms with van der Waals surface area (Å²) in [6.07, 6.45) is 6.88. The summed E-state index contributed by atoms with van der Waals surface area (Å²) in [6.45, 7) is 4.26. The summed E-state index contributed by atoms with van der Waals surface area (Å²) in [5, 5.41) is 3.08. The minimum atomic E-state index is -0.503. The molecule has 0 saturated carbocycles. The number of aromatic nitrogens is 2. The number of amidine groups is 1. The van der Waals surface area contributed by atoms with Gasteiger partial charge in [0.1, 0.15) is 5.25 Å². The van der Waals surface area contributed by atoms with Crippen molar-refractivity contribution in [3.8, 4) is 0 Å². The Kier molecular flexibility index (Phi) is 7.45. The van der Waals surface area contributed by atoms with Gasteiger partial charge in [-0.3, -0.25) is 14.4 Å². The van der Waals surface area contributed by atoms with Crippen LogP contribution < -0.4 is 10.2 Å². The van der Waals surface area contributed by atoms with Crippen LogP contribution in [-0.4, -0.2) is 87.2 Å². The maximum absolute atomic E-state index is 13.1. The van der Waals surface area contributed by atoms with Gasteiger partial charge in [-0.1, -0.05) is 17.8 Å². The van der Waals surface area contributed by atoms with Crippen LogP contribution in [-0.2, 0) is 9.59 Å². The highest BCUT2D eigenvalue weighted by Gasteiger charge is 2.33. The molecule has 3 aliphatic heterocycles. The van der Waals surface area contributed by atoms with Crippen molar-refractivity contribution in [1.82, 2.24) is 19.8 Å². The molecule has 0 spiro atoms. The highest BCUT2D eigenvalue weighted by molar-refractivity contribution is 8.15. The van der Waals surface area contributed by atoms with E-state index in [4.69, 9.17) is 0 Å². The first kappa shape index (κ1) is 24.2. The van der Waals surface area contributed by atoms with Crippen LogP contribution in [0.1, 0.15) is 36.0 Å². The van der Waals surface area contributed by atoms with Gasteiger partial charge in [0, 0.05) is 69.3 Å². The number of carbonyl (C=O) groups excluding carboxylic acids is 3. The van der Waals surface area contributed by atoms with Gasteiger partial charge in [0.15, 0.2) is 5.17 Å². The van der Waals surface area contributed by atoms with E-state index in [-0.39, 0.29) is 24.1 Å². The van der Waals surface area contributed by atoms with E-state index in [1.807, 2.05) is 0 Å². The van der Waals surface area contributed by atoms with Crippen LogP contribution in [0.4, 0.5) is 11.6 Å². The van der Waals surface area contributed by atoms with Crippen LogP contribution >= 0.6 is 11.8 Å². The van der Waals surface area contributed by atoms with E-state index >= 15 is 0 Å². The topological polar surface area (TPSA) is 111 Å². The van der Waals surface area contributed by atoms with Gasteiger partial charge in [0.25, 0.3) is 11.8 Å². The summed E-state index contributed by atoms with van der Waals surface area (Å²) in [7, 11) is 0. The number of hydrogen-bond donors (Lipinski definition) is 1. The molecule has 11 heteroatoms. The molecule has 188 valence electrons. The molecule has 1 aromatic heterocycles. The summed E-state index contributed by atoms with van der Waals surface area (Å²) in [5.74, 6) is 0.0687. The lowest BCUT2D eigenvalue weighted by Gasteiger charge is -2.34. The predicted octanol–water partition coefficient (Wildman–Crippen LogP) is 2.25. The smallest absolute Gasteiger partial charge is 0.262 e. The molecule has 0 bridgehead atoms. The molecule has 0 aliphatic carbocycles. The lowest BCUT2D eigenvalue weighted by atomic mass is 10.1. The van der Waals surface area contributed by atoms with Crippen LogP contribution in [0.25, 0.3) is 0 Å². The molecule has 5 rings (SSSR count). The second-order valence-corrected chi connectivity index (χ2v) is 10.2. The van der Waals surface area contributed by atoms with Crippen LogP contribution in [0.3, 0.4) is 0 Å². The monoisotopic (exact) mass is 507 g/mol. The zero-order chi connectivity index (χ0) is 24.9. The number of piperazine rings is 1. The predicted molar refractivity (Wildman–Crippen MR) is 139 cm³/mol. The van der Waals surface area contributed by atoms with Gasteiger partial charge in [0.2, 0.25) is 11.9 Å². The van der Waals surface area contributed by atoms with E-state index in [9.17, 15) is 14.4 Å². The third kappa shape index (κ3) is 5.67. The summed E-state index contributed by atoms with van der Waals surface area (Å²) in [5.41, 5.74) is 1.05. The molecular weight excluding hydrogens is 478 g/mol. The largest absolute Gasteiger partial charge is 0.351 e. The second kappa shape index (κ2) is 11.1. The normalized spacial score (nSPS) is 20.3. The van der Waals surface area contributed by atoms with Crippen molar-refractivity contribution in [3.05, 3.63) is 48.3 Å². The Morgan fingerprint density at radius 3 is 2.44 bits per heavy atom. The zero-order valence-electron chi connectivity index (χ0n) is 20.0. The Morgan fingerprint density at radius 1 is 0.944 bits per heavy atom. The molecule has 1 atom stereocenters. The number of benzene rings is 1. The summed E-state index contributed by atoms with van der Waals surface area (Å²) >= 11 is 1.38. The molecule has 3 aliphatic rings. The van der Waals surface area contributed by atoms with Crippen LogP contribution in [0.5, 0.6) is 0 Å². The minimum absolute atomic E-state index is 0.0476. The van der Waals surface area contributed by atoms with E-state index in [0.717, 1.165) is 31.1 Å². The number of thioether (sulfide) groups is 1. The summed E-state index contributed by atoms with van der Waals surface area (Å²) in [4.78, 5) is 56.9. The van der Waals surface area contributed by atoms with E-state index in [2.05, 4.69) is 30.1 Å². The van der Waals surface area contributed by atoms with Gasteiger partial charge in [-0.25, -0.2) is 9.97 Å². The van der Waals surface area contributed by atoms with Gasteiger partial charge in [-0.15, -0.1) is 0 Å². The zero-order valence-corrected chi connectivity index (χ0v) is 20.8. The summed E-state index contributed by atoms with van der Waals surface area (Å²) < 4.78 is 0. The van der Waals surface area contributed by atoms with Crippen molar-refractivity contribution in [2.24, 2.45) is 4.99 Å². The third-order valence-corrected chi connectivity index (χ3v) is 7.73. The maximum atomic E-state index is 13.1. The van der Waals surface area contributed by atoms with Crippen molar-refractivity contribution in [1.29, 1.82) is 0 Å². The Bertz CT molecular complexity index is 1150. The minimum Gasteiger partial charge on any atom is -0.351 e. The van der Waals surface area contributed by atoms with Gasteiger partial charge in [-0.05, 0) is 43.5 Å². The van der Waals surface area contributed by atoms with Gasteiger partial charge in [0.05, 0.1) is 0 Å². The molecule has 0 radical (unpaired) electrons. The van der Waals surface area contributed by atoms with E-state index in [1.54, 1.807) is 47.6 Å². The van der Waals surface area contributed by atoms with Gasteiger partial charge in [-0.2, -0.15) is 4.99 Å². The number of rotatable bonds is 5. The molecule has 1 aromatic carbocycles. The first-order valence-electron chi connectivity index (χ1n) is 12.3. The van der Waals surface area contributed by atoms with E-state index in [0.29, 0.717) is 43.4 Å². The highest BCUT2D eigenvalue weighted by Crippen LogP contribution is 2.29. The molecular formula is C25H29N7O3S. The average molecular weight is 508 g/mol. The Morgan fingerprint density at radius 2 is 1.69 bits per heavy atom. The van der Waals surface area contributed by atoms with E-state index in [1.165, 1.54) is 18.2 Å². The molecule has 1 N–H and O–H groups in total. The molecule has 36 heavy (non-hydrogen) atoms. The average Bonchev–Trinajstić information content (AvgIpc) is 3.29. The van der Waals surface area contributed by atoms with Gasteiger partial charge >= 0.3 is 0 Å². The molecule has 4 heterocycles. The van der Waals surface area contributed by atoms with Crippen molar-refractivity contribution in [2.75, 3.05) is 49.5 Å². The number of piperidine rings is 1. The fourth-order valence-electron chi connectivity index (χ4n) is 4.59. The molecule has 0 unspecified atom stereocenters. The molecule has 2 saturated heterocycles. The van der Waals surface area contributed by atoms with E-state index < -0.39 is 5.25 Å². The van der Waals surface area contributed by atoms with Crippen molar-refractivity contribution < 1.29 is 14.4 Å². The molecule has 2 aromatic rings. The van der Waals surface area contributed by atoms with Crippen molar-refractivity contribution in [3.63, 3.8) is 0 Å². The maximum Gasteiger partial charge on any atom is 0.262 e. The number of carbonyl (C=O) groups is 3. The standard InChI is InChI=1S/C25H29N7O3S/c33-21(17-20-22(34)29-25(36-20)32-10-2-1-3-11-32)28-19-7-4-6-18(16-19)23(35)30-12-14-31(15-13-30)24-26-8-5-9-27-24/h4-9,16,20H,1-3,10-15,17H2,(H,28,33)/t20-/m1/s1. The van der Waals surface area contributed by atoms with Crippen LogP contribution in [0.15, 0.2) is 47.7 Å². The lowest BCUT2D eigenvalue weighted by Crippen LogP contribution is -2.49. The number of hydrogen-bond acceptors (Lipinski definition) is 8. The second-order valence-electron chi connectivity index (χ2n) is 9.05. The van der Waals surface area contributed by atoms with Crippen molar-refractivity contribution in [2.45, 2.75) is 30.9 Å². The number of nitrogens with one attached hydrogen (secondary N) is 1. The number of aliphatic imine (C=N–C) groups is 1. The summed E-state index contributed by atoms with van der Waals surface area (Å²) in [6, 6.07) is 8.72. The Labute approximate surface area is 214 Å². The van der Waals surface area contributed by atoms with Crippen LogP contribution in [0.2, 0.25) is 0 Å². The first-order valence-corrected chi connectivity index (χ1v) is 13.2. The molecule has 10 nitrogen and oxygen atoms in total. The number of likely N-dealkylation sites (tertiary alicyclic amines) is 1. The Balaban J connectivity index is 1.13. The molecule has 2 fully saturated rings. The van der Waals surface area contributed by atoms with Crippen LogP contribution in [0, 0.1) is 0 Å². The number of nitrogens with zero attached hydrogens (tertiary/aromatic N) is 6. The third-order valence-electron chi connectivity index (χ3n) is 6.52. The Hall–Kier alpha value is -3.47.